The van der Waals surface area contributed by atoms with Crippen molar-refractivity contribution in [1.29, 1.82) is 0 Å². The normalized spacial score (nSPS) is 22.9. The van der Waals surface area contributed by atoms with Crippen molar-refractivity contribution < 1.29 is 22.0 Å². The Morgan fingerprint density at radius 2 is 1.85 bits per heavy atom. The van der Waals surface area contributed by atoms with E-state index in [1.54, 1.807) is 13.8 Å². The summed E-state index contributed by atoms with van der Waals surface area (Å²) in [4.78, 5) is 0. The molecule has 0 aliphatic carbocycles. The number of hydrogen-bond acceptors (Lipinski definition) is 6. The molecule has 8 nitrogen and oxygen atoms in total. The average molecular weight is 327 g/mol. The third-order valence-electron chi connectivity index (χ3n) is 3.33. The van der Waals surface area contributed by atoms with Crippen molar-refractivity contribution in [2.75, 3.05) is 11.5 Å². The Balaban J connectivity index is 2.84. The lowest BCUT2D eigenvalue weighted by atomic mass is 10.1. The fourth-order valence-electron chi connectivity index (χ4n) is 2.05. The average Bonchev–Trinajstić information content (AvgIpc) is 2.34. The number of hydrogen-bond donors (Lipinski definition) is 3. The van der Waals surface area contributed by atoms with Crippen molar-refractivity contribution in [3.05, 3.63) is 0 Å². The van der Waals surface area contributed by atoms with E-state index < -0.39 is 31.2 Å². The maximum absolute atomic E-state index is 12.2. The van der Waals surface area contributed by atoms with Gasteiger partial charge in [-0.2, -0.15) is 0 Å². The van der Waals surface area contributed by atoms with Crippen molar-refractivity contribution in [2.24, 2.45) is 16.8 Å². The molecule has 0 radical (unpaired) electrons. The monoisotopic (exact) mass is 327 g/mol. The van der Waals surface area contributed by atoms with Crippen LogP contribution in [0.25, 0.3) is 0 Å². The molecule has 1 heterocycles. The summed E-state index contributed by atoms with van der Waals surface area (Å²) in [5, 5.41) is 10.7. The summed E-state index contributed by atoms with van der Waals surface area (Å²) in [5.74, 6) is -0.678. The Hall–Kier alpha value is -0.870. The zero-order valence-electron chi connectivity index (χ0n) is 11.5. The van der Waals surface area contributed by atoms with Crippen molar-refractivity contribution >= 4 is 25.7 Å². The van der Waals surface area contributed by atoms with Crippen molar-refractivity contribution in [1.82, 2.24) is 4.72 Å². The van der Waals surface area contributed by atoms with Crippen LogP contribution in [0.2, 0.25) is 0 Å². The molecule has 0 spiro atoms. The summed E-state index contributed by atoms with van der Waals surface area (Å²) in [7, 11) is -6.84. The molecule has 10 heteroatoms. The van der Waals surface area contributed by atoms with E-state index >= 15 is 0 Å². The molecule has 1 rings (SSSR count). The number of rotatable bonds is 5. The number of nitrogens with zero attached hydrogens (tertiary/aromatic N) is 1. The second-order valence-corrected chi connectivity index (χ2v) is 9.56. The van der Waals surface area contributed by atoms with Crippen molar-refractivity contribution in [3.63, 3.8) is 0 Å². The van der Waals surface area contributed by atoms with Crippen LogP contribution in [0, 0.1) is 5.92 Å². The van der Waals surface area contributed by atoms with E-state index in [1.807, 2.05) is 0 Å². The van der Waals surface area contributed by atoms with E-state index in [0.717, 1.165) is 0 Å². The van der Waals surface area contributed by atoms with Crippen LogP contribution in [-0.2, 0) is 19.9 Å². The highest BCUT2D eigenvalue weighted by Gasteiger charge is 2.35. The molecule has 1 saturated heterocycles. The third kappa shape index (κ3) is 4.32. The van der Waals surface area contributed by atoms with Gasteiger partial charge in [0.25, 0.3) is 0 Å². The minimum atomic E-state index is -3.72. The molecule has 1 unspecified atom stereocenters. The summed E-state index contributed by atoms with van der Waals surface area (Å²) >= 11 is 0. The quantitative estimate of drug-likeness (QED) is 0.263. The first kappa shape index (κ1) is 17.2. The van der Waals surface area contributed by atoms with E-state index in [1.165, 1.54) is 0 Å². The molecular weight excluding hydrogens is 306 g/mol. The zero-order chi connectivity index (χ0) is 15.6. The van der Waals surface area contributed by atoms with Crippen molar-refractivity contribution in [3.8, 4) is 0 Å². The molecule has 0 bridgehead atoms. The van der Waals surface area contributed by atoms with Crippen LogP contribution < -0.4 is 10.5 Å². The topological polar surface area (TPSA) is 139 Å². The Kier molecular flexibility index (Phi) is 5.39. The predicted octanol–water partition coefficient (Wildman–Crippen LogP) is -0.746. The molecule has 1 fully saturated rings. The fraction of sp³-hybridized carbons (Fsp3) is 0.900. The molecule has 0 aromatic heterocycles. The predicted molar refractivity (Wildman–Crippen MR) is 75.8 cm³/mol. The second kappa shape index (κ2) is 6.27. The summed E-state index contributed by atoms with van der Waals surface area (Å²) in [5.41, 5.74) is 5.48. The van der Waals surface area contributed by atoms with Crippen LogP contribution in [0.3, 0.4) is 0 Å². The van der Waals surface area contributed by atoms with E-state index in [2.05, 4.69) is 9.88 Å². The number of nitrogens with two attached hydrogens (primary N) is 1. The largest absolute Gasteiger partial charge is 0.409 e. The van der Waals surface area contributed by atoms with Crippen LogP contribution in [-0.4, -0.2) is 50.7 Å². The van der Waals surface area contributed by atoms with Gasteiger partial charge in [0.2, 0.25) is 10.0 Å². The highest BCUT2D eigenvalue weighted by atomic mass is 32.2. The molecule has 118 valence electrons. The first-order valence-electron chi connectivity index (χ1n) is 6.28. The zero-order valence-corrected chi connectivity index (χ0v) is 13.1. The van der Waals surface area contributed by atoms with Crippen LogP contribution in [0.15, 0.2) is 5.16 Å². The number of amidine groups is 1. The summed E-state index contributed by atoms with van der Waals surface area (Å²) in [6.45, 7) is 3.47. The van der Waals surface area contributed by atoms with E-state index in [0.29, 0.717) is 0 Å². The minimum Gasteiger partial charge on any atom is -0.409 e. The maximum atomic E-state index is 12.2. The Morgan fingerprint density at radius 3 is 2.25 bits per heavy atom. The van der Waals surface area contributed by atoms with Gasteiger partial charge in [0, 0.05) is 0 Å². The lowest BCUT2D eigenvalue weighted by Gasteiger charge is -2.26. The summed E-state index contributed by atoms with van der Waals surface area (Å²) in [6.07, 6.45) is 0.136. The van der Waals surface area contributed by atoms with Gasteiger partial charge < -0.3 is 10.9 Å². The number of nitrogens with one attached hydrogen (secondary N) is 1. The fourth-order valence-corrected chi connectivity index (χ4v) is 5.64. The van der Waals surface area contributed by atoms with Gasteiger partial charge in [0.05, 0.1) is 22.8 Å². The van der Waals surface area contributed by atoms with E-state index in [9.17, 15) is 16.8 Å². The molecule has 1 atom stereocenters. The molecule has 0 aromatic rings. The lowest BCUT2D eigenvalue weighted by Crippen LogP contribution is -2.51. The van der Waals surface area contributed by atoms with Crippen LogP contribution in [0.4, 0.5) is 0 Å². The molecule has 0 saturated carbocycles. The third-order valence-corrected chi connectivity index (χ3v) is 6.98. The highest BCUT2D eigenvalue weighted by molar-refractivity contribution is 7.92. The first-order valence-corrected chi connectivity index (χ1v) is 9.65. The Morgan fingerprint density at radius 1 is 1.35 bits per heavy atom. The van der Waals surface area contributed by atoms with Gasteiger partial charge in [0.15, 0.2) is 5.84 Å². The maximum Gasteiger partial charge on any atom is 0.215 e. The summed E-state index contributed by atoms with van der Waals surface area (Å²) in [6, 6.07) is -0.816. The standard InChI is InChI=1S/C10H21N3O5S2/c1-7(2)9(10(11)12-14)13-20(17,18)8-3-5-19(15,16)6-4-8/h7-9,13-14H,3-6H2,1-2H3,(H2,11,12). The van der Waals surface area contributed by atoms with Gasteiger partial charge in [0.1, 0.15) is 9.84 Å². The SMILES string of the molecule is CC(C)C(NS(=O)(=O)C1CCS(=O)(=O)CC1)C(N)=NO. The van der Waals surface area contributed by atoms with E-state index in [-0.39, 0.29) is 36.1 Å². The van der Waals surface area contributed by atoms with E-state index in [4.69, 9.17) is 10.9 Å². The van der Waals surface area contributed by atoms with Crippen LogP contribution >= 0.6 is 0 Å². The van der Waals surface area contributed by atoms with Gasteiger partial charge in [-0.25, -0.2) is 21.6 Å². The molecule has 1 aliphatic heterocycles. The Labute approximate surface area is 119 Å². The van der Waals surface area contributed by atoms with Crippen molar-refractivity contribution in [2.45, 2.75) is 38.0 Å². The number of sulfone groups is 1. The van der Waals surface area contributed by atoms with Crippen LogP contribution in [0.1, 0.15) is 26.7 Å². The van der Waals surface area contributed by atoms with Gasteiger partial charge in [-0.15, -0.1) is 0 Å². The molecule has 0 amide bonds. The number of oxime groups is 1. The first-order chi connectivity index (χ1) is 9.09. The minimum absolute atomic E-state index is 0.0681. The molecule has 4 N–H and O–H groups in total. The molecular formula is C10H21N3O5S2. The van der Waals surface area contributed by atoms with Gasteiger partial charge in [-0.1, -0.05) is 19.0 Å². The van der Waals surface area contributed by atoms with Gasteiger partial charge >= 0.3 is 0 Å². The van der Waals surface area contributed by atoms with Gasteiger partial charge in [-0.05, 0) is 18.8 Å². The molecule has 1 aliphatic rings. The number of sulfonamides is 1. The van der Waals surface area contributed by atoms with Gasteiger partial charge in [-0.3, -0.25) is 0 Å². The highest BCUT2D eigenvalue weighted by Crippen LogP contribution is 2.19. The second-order valence-electron chi connectivity index (χ2n) is 5.26. The van der Waals surface area contributed by atoms with Crippen LogP contribution in [0.5, 0.6) is 0 Å². The lowest BCUT2D eigenvalue weighted by molar-refractivity contribution is 0.313. The smallest absolute Gasteiger partial charge is 0.215 e. The molecule has 20 heavy (non-hydrogen) atoms. The Bertz CT molecular complexity index is 554. The summed E-state index contributed by atoms with van der Waals surface area (Å²) < 4.78 is 49.5. The molecule has 0 aromatic carbocycles.